The molecule has 2 atom stereocenters. The van der Waals surface area contributed by atoms with Crippen LogP contribution in [0.1, 0.15) is 18.9 Å². The molecule has 102 valence electrons. The summed E-state index contributed by atoms with van der Waals surface area (Å²) in [5.41, 5.74) is 8.49. The van der Waals surface area contributed by atoms with E-state index < -0.39 is 0 Å². The number of hydrogen-bond acceptors (Lipinski definition) is 2. The fourth-order valence-corrected chi connectivity index (χ4v) is 3.31. The molecule has 0 amide bonds. The van der Waals surface area contributed by atoms with E-state index in [1.165, 1.54) is 29.4 Å². The van der Waals surface area contributed by atoms with E-state index in [0.29, 0.717) is 12.0 Å². The Morgan fingerprint density at radius 2 is 2.21 bits per heavy atom. The number of benzene rings is 1. The first-order valence-electron chi connectivity index (χ1n) is 7.28. The number of aromatic nitrogens is 1. The monoisotopic (exact) mass is 257 g/mol. The lowest BCUT2D eigenvalue weighted by molar-refractivity contribution is 0.247. The summed E-state index contributed by atoms with van der Waals surface area (Å²) in [6.45, 7) is 5.48. The fourth-order valence-electron chi connectivity index (χ4n) is 3.31. The van der Waals surface area contributed by atoms with E-state index in [9.17, 15) is 0 Å². The maximum Gasteiger partial charge on any atom is 0.0456 e. The molecule has 1 aliphatic rings. The van der Waals surface area contributed by atoms with Crippen LogP contribution in [0.4, 0.5) is 0 Å². The summed E-state index contributed by atoms with van der Waals surface area (Å²) in [6, 6.07) is 9.17. The zero-order chi connectivity index (χ0) is 13.2. The van der Waals surface area contributed by atoms with Gasteiger partial charge in [0.15, 0.2) is 0 Å². The van der Waals surface area contributed by atoms with Crippen molar-refractivity contribution in [3.8, 4) is 0 Å². The Bertz CT molecular complexity index is 546. The van der Waals surface area contributed by atoms with Gasteiger partial charge in [-0.2, -0.15) is 0 Å². The molecule has 3 rings (SSSR count). The highest BCUT2D eigenvalue weighted by Crippen LogP contribution is 2.24. The standard InChI is InChI=1S/C16H23N3/c1-12-13(10-17)6-8-19(12)9-7-14-11-18-16-5-3-2-4-15(14)16/h2-5,11-13,18H,6-10,17H2,1H3. The number of hydrogen-bond donors (Lipinski definition) is 2. The van der Waals surface area contributed by atoms with E-state index in [0.717, 1.165) is 19.5 Å². The van der Waals surface area contributed by atoms with Crippen molar-refractivity contribution in [3.05, 3.63) is 36.0 Å². The van der Waals surface area contributed by atoms with Crippen LogP contribution in [-0.4, -0.2) is 35.6 Å². The Hall–Kier alpha value is -1.32. The molecule has 3 N–H and O–H groups in total. The number of H-pyrrole nitrogens is 1. The summed E-state index contributed by atoms with van der Waals surface area (Å²) in [6.07, 6.45) is 4.53. The molecule has 1 aromatic carbocycles. The molecule has 1 fully saturated rings. The minimum Gasteiger partial charge on any atom is -0.361 e. The number of fused-ring (bicyclic) bond motifs is 1. The average Bonchev–Trinajstić information content (AvgIpc) is 3.00. The molecule has 2 heterocycles. The molecular weight excluding hydrogens is 234 g/mol. The van der Waals surface area contributed by atoms with Gasteiger partial charge in [-0.1, -0.05) is 18.2 Å². The first-order valence-corrected chi connectivity index (χ1v) is 7.28. The number of nitrogens with zero attached hydrogens (tertiary/aromatic N) is 1. The zero-order valence-corrected chi connectivity index (χ0v) is 11.6. The van der Waals surface area contributed by atoms with E-state index in [4.69, 9.17) is 5.73 Å². The van der Waals surface area contributed by atoms with Gasteiger partial charge in [0, 0.05) is 29.7 Å². The van der Waals surface area contributed by atoms with E-state index in [1.54, 1.807) is 0 Å². The van der Waals surface area contributed by atoms with E-state index >= 15 is 0 Å². The molecule has 19 heavy (non-hydrogen) atoms. The van der Waals surface area contributed by atoms with Crippen molar-refractivity contribution < 1.29 is 0 Å². The normalized spacial score (nSPS) is 24.3. The summed E-state index contributed by atoms with van der Waals surface area (Å²) in [7, 11) is 0. The molecule has 0 bridgehead atoms. The number of nitrogens with one attached hydrogen (secondary N) is 1. The number of nitrogens with two attached hydrogens (primary N) is 1. The molecule has 1 aliphatic heterocycles. The summed E-state index contributed by atoms with van der Waals surface area (Å²) >= 11 is 0. The van der Waals surface area contributed by atoms with E-state index in [1.807, 2.05) is 0 Å². The van der Waals surface area contributed by atoms with Gasteiger partial charge in [0.25, 0.3) is 0 Å². The van der Waals surface area contributed by atoms with Crippen LogP contribution in [-0.2, 0) is 6.42 Å². The Balaban J connectivity index is 1.67. The third-order valence-electron chi connectivity index (χ3n) is 4.69. The van der Waals surface area contributed by atoms with Gasteiger partial charge in [-0.3, -0.25) is 4.90 Å². The van der Waals surface area contributed by atoms with E-state index in [2.05, 4.69) is 47.3 Å². The smallest absolute Gasteiger partial charge is 0.0456 e. The Kier molecular flexibility index (Phi) is 3.58. The van der Waals surface area contributed by atoms with Gasteiger partial charge < -0.3 is 10.7 Å². The third kappa shape index (κ3) is 2.40. The maximum atomic E-state index is 5.82. The van der Waals surface area contributed by atoms with Gasteiger partial charge in [-0.15, -0.1) is 0 Å². The van der Waals surface area contributed by atoms with Crippen molar-refractivity contribution in [1.82, 2.24) is 9.88 Å². The van der Waals surface area contributed by atoms with Gasteiger partial charge in [-0.25, -0.2) is 0 Å². The summed E-state index contributed by atoms with van der Waals surface area (Å²) in [5.74, 6) is 0.683. The number of rotatable bonds is 4. The summed E-state index contributed by atoms with van der Waals surface area (Å²) < 4.78 is 0. The Labute approximate surface area is 114 Å². The van der Waals surface area contributed by atoms with Crippen LogP contribution in [0.25, 0.3) is 10.9 Å². The number of aromatic amines is 1. The van der Waals surface area contributed by atoms with Crippen LogP contribution >= 0.6 is 0 Å². The fraction of sp³-hybridized carbons (Fsp3) is 0.500. The maximum absolute atomic E-state index is 5.82. The molecule has 0 spiro atoms. The second kappa shape index (κ2) is 5.35. The lowest BCUT2D eigenvalue weighted by Crippen LogP contribution is -2.34. The minimum atomic E-state index is 0.634. The highest BCUT2D eigenvalue weighted by molar-refractivity contribution is 5.83. The Morgan fingerprint density at radius 3 is 3.00 bits per heavy atom. The van der Waals surface area contributed by atoms with Crippen LogP contribution in [0.5, 0.6) is 0 Å². The highest BCUT2D eigenvalue weighted by Gasteiger charge is 2.28. The average molecular weight is 257 g/mol. The summed E-state index contributed by atoms with van der Waals surface area (Å²) in [4.78, 5) is 5.94. The van der Waals surface area contributed by atoms with Crippen LogP contribution < -0.4 is 5.73 Å². The SMILES string of the molecule is CC1C(CN)CCN1CCc1c[nH]c2ccccc12. The molecular formula is C16H23N3. The minimum absolute atomic E-state index is 0.634. The van der Waals surface area contributed by atoms with Gasteiger partial charge in [-0.05, 0) is 50.4 Å². The van der Waals surface area contributed by atoms with Crippen LogP contribution in [0.2, 0.25) is 0 Å². The Morgan fingerprint density at radius 1 is 1.37 bits per heavy atom. The quantitative estimate of drug-likeness (QED) is 0.883. The molecule has 3 heteroatoms. The molecule has 2 unspecified atom stereocenters. The van der Waals surface area contributed by atoms with Gasteiger partial charge >= 0.3 is 0 Å². The molecule has 3 nitrogen and oxygen atoms in total. The zero-order valence-electron chi connectivity index (χ0n) is 11.6. The summed E-state index contributed by atoms with van der Waals surface area (Å²) in [5, 5.41) is 1.37. The number of likely N-dealkylation sites (tertiary alicyclic amines) is 1. The first kappa shape index (κ1) is 12.7. The highest BCUT2D eigenvalue weighted by atomic mass is 15.2. The van der Waals surface area contributed by atoms with Crippen molar-refractivity contribution >= 4 is 10.9 Å². The molecule has 2 aromatic rings. The van der Waals surface area contributed by atoms with E-state index in [-0.39, 0.29) is 0 Å². The van der Waals surface area contributed by atoms with Crippen molar-refractivity contribution in [3.63, 3.8) is 0 Å². The van der Waals surface area contributed by atoms with Crippen molar-refractivity contribution in [2.24, 2.45) is 11.7 Å². The molecule has 0 saturated carbocycles. The predicted molar refractivity (Wildman–Crippen MR) is 80.2 cm³/mol. The van der Waals surface area contributed by atoms with Gasteiger partial charge in [0.2, 0.25) is 0 Å². The molecule has 0 aliphatic carbocycles. The van der Waals surface area contributed by atoms with Crippen molar-refractivity contribution in [2.45, 2.75) is 25.8 Å². The second-order valence-corrected chi connectivity index (χ2v) is 5.67. The second-order valence-electron chi connectivity index (χ2n) is 5.67. The van der Waals surface area contributed by atoms with Crippen LogP contribution in [0.15, 0.2) is 30.5 Å². The van der Waals surface area contributed by atoms with Gasteiger partial charge in [0.1, 0.15) is 0 Å². The van der Waals surface area contributed by atoms with Crippen molar-refractivity contribution in [2.75, 3.05) is 19.6 Å². The number of para-hydroxylation sites is 1. The largest absolute Gasteiger partial charge is 0.361 e. The topological polar surface area (TPSA) is 45.0 Å². The lowest BCUT2D eigenvalue weighted by Gasteiger charge is -2.23. The van der Waals surface area contributed by atoms with Gasteiger partial charge in [0.05, 0.1) is 0 Å². The molecule has 0 radical (unpaired) electrons. The van der Waals surface area contributed by atoms with Crippen LogP contribution in [0.3, 0.4) is 0 Å². The molecule has 1 aromatic heterocycles. The van der Waals surface area contributed by atoms with Crippen molar-refractivity contribution in [1.29, 1.82) is 0 Å². The lowest BCUT2D eigenvalue weighted by atomic mass is 10.0. The molecule has 1 saturated heterocycles. The predicted octanol–water partition coefficient (Wildman–Crippen LogP) is 2.38. The third-order valence-corrected chi connectivity index (χ3v) is 4.69. The van der Waals surface area contributed by atoms with Crippen LogP contribution in [0, 0.1) is 5.92 Å². The first-order chi connectivity index (χ1) is 9.29.